The Labute approximate surface area is 153 Å². The molecule has 1 fully saturated rings. The highest BCUT2D eigenvalue weighted by Crippen LogP contribution is 2.25. The van der Waals surface area contributed by atoms with Gasteiger partial charge in [-0.15, -0.1) is 0 Å². The Kier molecular flexibility index (Phi) is 5.73. The molecule has 3 rings (SSSR count). The van der Waals surface area contributed by atoms with E-state index in [2.05, 4.69) is 24.8 Å². The maximum atomic E-state index is 6.05. The second kappa shape index (κ2) is 7.99. The second-order valence-corrected chi connectivity index (χ2v) is 7.24. The van der Waals surface area contributed by atoms with Gasteiger partial charge >= 0.3 is 0 Å². The molecule has 0 unspecified atom stereocenters. The van der Waals surface area contributed by atoms with E-state index in [0.717, 1.165) is 59.9 Å². The fraction of sp³-hybridized carbons (Fsp3) is 0.556. The van der Waals surface area contributed by atoms with Crippen LogP contribution in [0.25, 0.3) is 0 Å². The van der Waals surface area contributed by atoms with E-state index in [0.29, 0.717) is 12.5 Å². The summed E-state index contributed by atoms with van der Waals surface area (Å²) in [6.07, 6.45) is 5.97. The first-order valence-electron chi connectivity index (χ1n) is 8.63. The third kappa shape index (κ3) is 4.39. The highest BCUT2D eigenvalue weighted by Gasteiger charge is 2.22. The summed E-state index contributed by atoms with van der Waals surface area (Å²) < 4.78 is 6.05. The molecule has 25 heavy (non-hydrogen) atoms. The first kappa shape index (κ1) is 17.9. The van der Waals surface area contributed by atoms with Crippen LogP contribution in [0.5, 0.6) is 5.88 Å². The van der Waals surface area contributed by atoms with E-state index in [1.165, 1.54) is 0 Å². The molecule has 3 heterocycles. The smallest absolute Gasteiger partial charge is 0.225 e. The fourth-order valence-corrected chi connectivity index (χ4v) is 3.30. The van der Waals surface area contributed by atoms with Gasteiger partial charge in [0, 0.05) is 36.2 Å². The van der Waals surface area contributed by atoms with E-state index in [4.69, 9.17) is 4.74 Å². The van der Waals surface area contributed by atoms with Crippen LogP contribution in [-0.2, 0) is 0 Å². The largest absolute Gasteiger partial charge is 0.477 e. The molecule has 1 aliphatic rings. The summed E-state index contributed by atoms with van der Waals surface area (Å²) in [7, 11) is 0. The van der Waals surface area contributed by atoms with Crippen molar-refractivity contribution < 1.29 is 4.74 Å². The van der Waals surface area contributed by atoms with Gasteiger partial charge in [0.05, 0.1) is 6.61 Å². The van der Waals surface area contributed by atoms with Crippen LogP contribution < -0.4 is 9.64 Å². The van der Waals surface area contributed by atoms with Gasteiger partial charge in [-0.2, -0.15) is 4.98 Å². The Balaban J connectivity index is 1.55. The molecular formula is C18H25N5OS. The topological polar surface area (TPSA) is 64.0 Å². The van der Waals surface area contributed by atoms with Crippen LogP contribution in [0, 0.1) is 26.7 Å². The van der Waals surface area contributed by atoms with Crippen molar-refractivity contribution in [2.24, 2.45) is 5.92 Å². The Bertz CT molecular complexity index is 731. The minimum absolute atomic E-state index is 0.536. The van der Waals surface area contributed by atoms with Gasteiger partial charge in [-0.3, -0.25) is 0 Å². The van der Waals surface area contributed by atoms with E-state index in [9.17, 15) is 0 Å². The lowest BCUT2D eigenvalue weighted by Gasteiger charge is -2.31. The van der Waals surface area contributed by atoms with E-state index in [1.807, 2.05) is 39.3 Å². The Morgan fingerprint density at radius 2 is 1.92 bits per heavy atom. The molecule has 0 saturated carbocycles. The molecule has 1 aliphatic heterocycles. The molecule has 134 valence electrons. The zero-order chi connectivity index (χ0) is 17.8. The van der Waals surface area contributed by atoms with Crippen molar-refractivity contribution in [3.63, 3.8) is 0 Å². The number of aryl methyl sites for hydroxylation is 2. The van der Waals surface area contributed by atoms with Crippen molar-refractivity contribution in [1.82, 2.24) is 19.9 Å². The molecule has 0 amide bonds. The minimum atomic E-state index is 0.536. The second-order valence-electron chi connectivity index (χ2n) is 6.47. The number of hydrogen-bond donors (Lipinski definition) is 0. The van der Waals surface area contributed by atoms with Crippen LogP contribution >= 0.6 is 11.8 Å². The summed E-state index contributed by atoms with van der Waals surface area (Å²) in [4.78, 5) is 20.1. The van der Waals surface area contributed by atoms with E-state index < -0.39 is 0 Å². The van der Waals surface area contributed by atoms with Gasteiger partial charge in [0.25, 0.3) is 0 Å². The van der Waals surface area contributed by atoms with Crippen molar-refractivity contribution in [2.45, 2.75) is 38.8 Å². The molecule has 0 spiro atoms. The summed E-state index contributed by atoms with van der Waals surface area (Å²) in [5.41, 5.74) is 3.03. The molecule has 0 radical (unpaired) electrons. The van der Waals surface area contributed by atoms with Gasteiger partial charge in [0.15, 0.2) is 5.16 Å². The van der Waals surface area contributed by atoms with Gasteiger partial charge in [0.1, 0.15) is 0 Å². The molecule has 0 atom stereocenters. The number of thioether (sulfide) groups is 1. The molecule has 0 N–H and O–H groups in total. The average Bonchev–Trinajstić information content (AvgIpc) is 2.63. The van der Waals surface area contributed by atoms with E-state index in [-0.39, 0.29) is 0 Å². The number of ether oxygens (including phenoxy) is 1. The first-order valence-corrected chi connectivity index (χ1v) is 9.86. The highest BCUT2D eigenvalue weighted by molar-refractivity contribution is 7.98. The van der Waals surface area contributed by atoms with Crippen LogP contribution in [0.2, 0.25) is 0 Å². The van der Waals surface area contributed by atoms with E-state index in [1.54, 1.807) is 11.8 Å². The number of piperidine rings is 1. The third-order valence-electron chi connectivity index (χ3n) is 4.64. The Hall–Kier alpha value is -1.89. The molecule has 2 aromatic rings. The molecule has 2 aromatic heterocycles. The Morgan fingerprint density at radius 3 is 2.60 bits per heavy atom. The molecule has 0 aliphatic carbocycles. The number of anilines is 1. The predicted molar refractivity (Wildman–Crippen MR) is 100 cm³/mol. The zero-order valence-corrected chi connectivity index (χ0v) is 16.1. The summed E-state index contributed by atoms with van der Waals surface area (Å²) in [5, 5.41) is 0.768. The van der Waals surface area contributed by atoms with Crippen LogP contribution in [0.3, 0.4) is 0 Å². The molecule has 7 heteroatoms. The van der Waals surface area contributed by atoms with Crippen LogP contribution in [0.15, 0.2) is 17.4 Å². The highest BCUT2D eigenvalue weighted by atomic mass is 32.2. The zero-order valence-electron chi connectivity index (χ0n) is 15.3. The number of aromatic nitrogens is 4. The summed E-state index contributed by atoms with van der Waals surface area (Å²) in [5.74, 6) is 2.10. The van der Waals surface area contributed by atoms with E-state index >= 15 is 0 Å². The van der Waals surface area contributed by atoms with Crippen molar-refractivity contribution in [3.05, 3.63) is 29.2 Å². The third-order valence-corrected chi connectivity index (χ3v) is 5.19. The molecular weight excluding hydrogens is 334 g/mol. The number of nitrogens with zero attached hydrogens (tertiary/aromatic N) is 5. The van der Waals surface area contributed by atoms with Gasteiger partial charge < -0.3 is 9.64 Å². The van der Waals surface area contributed by atoms with Crippen LogP contribution in [0.1, 0.15) is 29.8 Å². The molecule has 6 nitrogen and oxygen atoms in total. The van der Waals surface area contributed by atoms with Gasteiger partial charge in [-0.25, -0.2) is 15.0 Å². The maximum absolute atomic E-state index is 6.05. The first-order chi connectivity index (χ1) is 12.1. The van der Waals surface area contributed by atoms with Gasteiger partial charge in [-0.1, -0.05) is 11.8 Å². The van der Waals surface area contributed by atoms with Crippen LogP contribution in [-0.4, -0.2) is 45.9 Å². The lowest BCUT2D eigenvalue weighted by molar-refractivity contribution is 0.212. The standard InChI is InChI=1S/C18H25N5OS/c1-12-5-8-19-17(20-12)23-9-6-15(7-10-23)11-24-16-13(2)14(3)21-18(22-16)25-4/h5,8,15H,6-7,9-11H2,1-4H3. The maximum Gasteiger partial charge on any atom is 0.225 e. The summed E-state index contributed by atoms with van der Waals surface area (Å²) in [6, 6.07) is 1.93. The lowest BCUT2D eigenvalue weighted by Crippen LogP contribution is -2.36. The van der Waals surface area contributed by atoms with Crippen LogP contribution in [0.4, 0.5) is 5.95 Å². The number of rotatable bonds is 5. The average molecular weight is 359 g/mol. The Morgan fingerprint density at radius 1 is 1.16 bits per heavy atom. The lowest BCUT2D eigenvalue weighted by atomic mass is 9.98. The van der Waals surface area contributed by atoms with Gasteiger partial charge in [-0.05, 0) is 51.9 Å². The minimum Gasteiger partial charge on any atom is -0.477 e. The predicted octanol–water partition coefficient (Wildman–Crippen LogP) is 3.21. The molecule has 0 aromatic carbocycles. The molecule has 1 saturated heterocycles. The van der Waals surface area contributed by atoms with Crippen molar-refractivity contribution in [3.8, 4) is 5.88 Å². The molecule has 0 bridgehead atoms. The summed E-state index contributed by atoms with van der Waals surface area (Å²) in [6.45, 7) is 8.66. The summed E-state index contributed by atoms with van der Waals surface area (Å²) >= 11 is 1.54. The fourth-order valence-electron chi connectivity index (χ4n) is 2.89. The normalized spacial score (nSPS) is 15.4. The number of hydrogen-bond acceptors (Lipinski definition) is 7. The quantitative estimate of drug-likeness (QED) is 0.600. The van der Waals surface area contributed by atoms with Crippen molar-refractivity contribution in [1.29, 1.82) is 0 Å². The van der Waals surface area contributed by atoms with Crippen molar-refractivity contribution >= 4 is 17.7 Å². The SMILES string of the molecule is CSc1nc(C)c(C)c(OCC2CCN(c3nccc(C)n3)CC2)n1. The van der Waals surface area contributed by atoms with Crippen molar-refractivity contribution in [2.75, 3.05) is 30.9 Å². The monoisotopic (exact) mass is 359 g/mol. The van der Waals surface area contributed by atoms with Gasteiger partial charge in [0.2, 0.25) is 11.8 Å².